The van der Waals surface area contributed by atoms with E-state index in [9.17, 15) is 0 Å². The van der Waals surface area contributed by atoms with Crippen LogP contribution in [0.15, 0.2) is 17.0 Å². The summed E-state index contributed by atoms with van der Waals surface area (Å²) in [6.45, 7) is 0.877. The third-order valence-corrected chi connectivity index (χ3v) is 4.43. The lowest BCUT2D eigenvalue weighted by molar-refractivity contribution is 0.129. The third kappa shape index (κ3) is 2.98. The van der Waals surface area contributed by atoms with Crippen LogP contribution in [-0.2, 0) is 4.74 Å². The molecule has 1 aliphatic rings. The van der Waals surface area contributed by atoms with Crippen molar-refractivity contribution >= 4 is 40.7 Å². The van der Waals surface area contributed by atoms with Crippen LogP contribution in [-0.4, -0.2) is 18.5 Å². The van der Waals surface area contributed by atoms with E-state index in [1.807, 2.05) is 6.07 Å². The molecule has 0 amide bonds. The molecule has 0 radical (unpaired) electrons. The van der Waals surface area contributed by atoms with E-state index in [1.54, 1.807) is 17.8 Å². The maximum atomic E-state index is 5.95. The van der Waals surface area contributed by atoms with Gasteiger partial charge in [0.25, 0.3) is 0 Å². The minimum atomic E-state index is 0.346. The van der Waals surface area contributed by atoms with E-state index >= 15 is 0 Å². The number of hydrogen-bond donors (Lipinski definition) is 1. The summed E-state index contributed by atoms with van der Waals surface area (Å²) in [4.78, 5) is 0.977. The zero-order valence-corrected chi connectivity index (χ0v) is 11.0. The Balaban J connectivity index is 2.00. The first kappa shape index (κ1) is 12.4. The van der Waals surface area contributed by atoms with Gasteiger partial charge in [0.05, 0.1) is 16.1 Å². The number of nitrogen functional groups attached to an aromatic ring is 1. The van der Waals surface area contributed by atoms with Crippen molar-refractivity contribution in [3.63, 3.8) is 0 Å². The summed E-state index contributed by atoms with van der Waals surface area (Å²) in [6.07, 6.45) is 2.63. The minimum absolute atomic E-state index is 0.346. The first-order valence-electron chi connectivity index (χ1n) is 5.16. The smallest absolute Gasteiger partial charge is 0.0669 e. The Morgan fingerprint density at radius 3 is 2.81 bits per heavy atom. The summed E-state index contributed by atoms with van der Waals surface area (Å²) < 4.78 is 5.55. The molecular formula is C11H13Cl2NOS. The molecule has 1 fully saturated rings. The lowest BCUT2D eigenvalue weighted by atomic mass is 10.3. The fourth-order valence-corrected chi connectivity index (χ4v) is 3.08. The van der Waals surface area contributed by atoms with Gasteiger partial charge in [-0.2, -0.15) is 0 Å². The van der Waals surface area contributed by atoms with Crippen LogP contribution in [0.3, 0.4) is 0 Å². The molecule has 1 aromatic rings. The van der Waals surface area contributed by atoms with E-state index in [0.717, 1.165) is 30.1 Å². The van der Waals surface area contributed by atoms with Crippen molar-refractivity contribution < 1.29 is 4.74 Å². The molecule has 5 heteroatoms. The monoisotopic (exact) mass is 277 g/mol. The van der Waals surface area contributed by atoms with Crippen LogP contribution in [0.4, 0.5) is 5.69 Å². The van der Waals surface area contributed by atoms with Gasteiger partial charge in [-0.05, 0) is 25.0 Å². The molecule has 1 saturated heterocycles. The number of thioether (sulfide) groups is 1. The normalized spacial score (nSPS) is 20.2. The van der Waals surface area contributed by atoms with Crippen LogP contribution < -0.4 is 5.73 Å². The van der Waals surface area contributed by atoms with Crippen molar-refractivity contribution in [1.82, 2.24) is 0 Å². The van der Waals surface area contributed by atoms with Crippen molar-refractivity contribution in [3.8, 4) is 0 Å². The first-order chi connectivity index (χ1) is 7.66. The van der Waals surface area contributed by atoms with Crippen molar-refractivity contribution in [1.29, 1.82) is 0 Å². The maximum absolute atomic E-state index is 5.95. The quantitative estimate of drug-likeness (QED) is 0.673. The third-order valence-electron chi connectivity index (χ3n) is 2.50. The van der Waals surface area contributed by atoms with Gasteiger partial charge in [0.15, 0.2) is 0 Å². The highest BCUT2D eigenvalue weighted by molar-refractivity contribution is 7.99. The summed E-state index contributed by atoms with van der Waals surface area (Å²) in [6, 6.07) is 3.51. The highest BCUT2D eigenvalue weighted by Gasteiger charge is 2.16. The van der Waals surface area contributed by atoms with E-state index in [4.69, 9.17) is 33.7 Å². The Hall–Kier alpha value is -0.0900. The molecule has 1 atom stereocenters. The van der Waals surface area contributed by atoms with E-state index in [0.29, 0.717) is 21.8 Å². The average molecular weight is 278 g/mol. The van der Waals surface area contributed by atoms with Gasteiger partial charge in [0.1, 0.15) is 0 Å². The molecule has 2 N–H and O–H groups in total. The second-order valence-electron chi connectivity index (χ2n) is 3.75. The lowest BCUT2D eigenvalue weighted by Crippen LogP contribution is -2.08. The van der Waals surface area contributed by atoms with Crippen LogP contribution in [0, 0.1) is 0 Å². The Labute approximate surface area is 109 Å². The van der Waals surface area contributed by atoms with E-state index in [2.05, 4.69) is 0 Å². The molecule has 1 aliphatic heterocycles. The van der Waals surface area contributed by atoms with E-state index in [1.165, 1.54) is 0 Å². The van der Waals surface area contributed by atoms with Gasteiger partial charge in [0.2, 0.25) is 0 Å². The Morgan fingerprint density at radius 2 is 2.12 bits per heavy atom. The van der Waals surface area contributed by atoms with Gasteiger partial charge in [-0.25, -0.2) is 0 Å². The molecule has 1 aromatic carbocycles. The molecular weight excluding hydrogens is 265 g/mol. The van der Waals surface area contributed by atoms with Gasteiger partial charge in [-0.15, -0.1) is 11.8 Å². The predicted molar refractivity (Wildman–Crippen MR) is 70.6 cm³/mol. The Bertz CT molecular complexity index is 380. The number of halogens is 2. The summed E-state index contributed by atoms with van der Waals surface area (Å²) >= 11 is 13.5. The van der Waals surface area contributed by atoms with Crippen LogP contribution in [0.2, 0.25) is 10.0 Å². The summed E-state index contributed by atoms with van der Waals surface area (Å²) in [5.74, 6) is 0.919. The number of ether oxygens (including phenoxy) is 1. The standard InChI is InChI=1S/C11H13Cl2NOS/c12-8-4-10(14)11(5-9(8)13)16-6-7-2-1-3-15-7/h4-5,7H,1-3,6,14H2. The van der Waals surface area contributed by atoms with Crippen molar-refractivity contribution in [2.75, 3.05) is 18.1 Å². The SMILES string of the molecule is Nc1cc(Cl)c(Cl)cc1SCC1CCCO1. The molecule has 2 rings (SSSR count). The second kappa shape index (κ2) is 5.50. The minimum Gasteiger partial charge on any atom is -0.398 e. The number of nitrogens with two attached hydrogens (primary N) is 1. The van der Waals surface area contributed by atoms with Crippen LogP contribution in [0.5, 0.6) is 0 Å². The van der Waals surface area contributed by atoms with Crippen LogP contribution >= 0.6 is 35.0 Å². The topological polar surface area (TPSA) is 35.2 Å². The summed E-state index contributed by atoms with van der Waals surface area (Å²) in [5.41, 5.74) is 6.55. The Kier molecular flexibility index (Phi) is 4.25. The molecule has 0 saturated carbocycles. The highest BCUT2D eigenvalue weighted by Crippen LogP contribution is 2.34. The van der Waals surface area contributed by atoms with Gasteiger partial charge in [-0.1, -0.05) is 23.2 Å². The van der Waals surface area contributed by atoms with Crippen molar-refractivity contribution in [3.05, 3.63) is 22.2 Å². The number of rotatable bonds is 3. The lowest BCUT2D eigenvalue weighted by Gasteiger charge is -2.11. The molecule has 0 spiro atoms. The number of hydrogen-bond acceptors (Lipinski definition) is 3. The average Bonchev–Trinajstić information content (AvgIpc) is 2.74. The molecule has 1 unspecified atom stereocenters. The molecule has 16 heavy (non-hydrogen) atoms. The van der Waals surface area contributed by atoms with Gasteiger partial charge < -0.3 is 10.5 Å². The van der Waals surface area contributed by atoms with Crippen LogP contribution in [0.1, 0.15) is 12.8 Å². The zero-order chi connectivity index (χ0) is 11.5. The molecule has 0 aromatic heterocycles. The second-order valence-corrected chi connectivity index (χ2v) is 5.63. The summed E-state index contributed by atoms with van der Waals surface area (Å²) in [7, 11) is 0. The summed E-state index contributed by atoms with van der Waals surface area (Å²) in [5, 5.41) is 1.05. The fraction of sp³-hybridized carbons (Fsp3) is 0.455. The highest BCUT2D eigenvalue weighted by atomic mass is 35.5. The van der Waals surface area contributed by atoms with Gasteiger partial charge >= 0.3 is 0 Å². The van der Waals surface area contributed by atoms with Gasteiger partial charge in [0, 0.05) is 22.9 Å². The van der Waals surface area contributed by atoms with E-state index < -0.39 is 0 Å². The van der Waals surface area contributed by atoms with E-state index in [-0.39, 0.29) is 0 Å². The molecule has 1 heterocycles. The van der Waals surface area contributed by atoms with Crippen molar-refractivity contribution in [2.45, 2.75) is 23.8 Å². The predicted octanol–water partition coefficient (Wildman–Crippen LogP) is 3.85. The number of anilines is 1. The molecule has 88 valence electrons. The number of benzene rings is 1. The first-order valence-corrected chi connectivity index (χ1v) is 6.90. The molecule has 2 nitrogen and oxygen atoms in total. The Morgan fingerprint density at radius 1 is 1.38 bits per heavy atom. The molecule has 0 bridgehead atoms. The zero-order valence-electron chi connectivity index (χ0n) is 8.71. The molecule has 0 aliphatic carbocycles. The van der Waals surface area contributed by atoms with Crippen LogP contribution in [0.25, 0.3) is 0 Å². The maximum Gasteiger partial charge on any atom is 0.0669 e. The largest absolute Gasteiger partial charge is 0.398 e. The fourth-order valence-electron chi connectivity index (χ4n) is 1.63. The van der Waals surface area contributed by atoms with Gasteiger partial charge in [-0.3, -0.25) is 0 Å². The van der Waals surface area contributed by atoms with Crippen molar-refractivity contribution in [2.24, 2.45) is 0 Å².